The molecular weight excluding hydrogens is 660 g/mol. The molecule has 5 rings (SSSR count). The van der Waals surface area contributed by atoms with Crippen molar-refractivity contribution in [3.8, 4) is 22.6 Å². The molecule has 1 amide bonds. The number of methoxy groups -OCH3 is 2. The number of carbonyl (C=O) groups excluding carboxylic acids is 2. The quantitative estimate of drug-likeness (QED) is 0.133. The van der Waals surface area contributed by atoms with Gasteiger partial charge in [0.15, 0.2) is 5.78 Å². The van der Waals surface area contributed by atoms with Crippen LogP contribution in [-0.4, -0.2) is 40.4 Å². The van der Waals surface area contributed by atoms with Crippen LogP contribution in [0.25, 0.3) is 22.2 Å². The first kappa shape index (κ1) is 33.8. The zero-order valence-corrected chi connectivity index (χ0v) is 27.3. The smallest absolute Gasteiger partial charge is 0.260 e. The topological polar surface area (TPSA) is 124 Å². The van der Waals surface area contributed by atoms with Crippen LogP contribution in [-0.2, 0) is 22.6 Å². The maximum Gasteiger partial charge on any atom is 0.260 e. The predicted molar refractivity (Wildman–Crippen MR) is 185 cm³/mol. The summed E-state index contributed by atoms with van der Waals surface area (Å²) in [7, 11) is 2.85. The fourth-order valence-electron chi connectivity index (χ4n) is 4.96. The molecule has 0 aliphatic carbocycles. The third-order valence-corrected chi connectivity index (χ3v) is 8.10. The van der Waals surface area contributed by atoms with Crippen LogP contribution >= 0.6 is 23.2 Å². The van der Waals surface area contributed by atoms with Gasteiger partial charge in [0.1, 0.15) is 23.0 Å². The summed E-state index contributed by atoms with van der Waals surface area (Å²) >= 11 is 13.4. The molecule has 5 aromatic rings. The van der Waals surface area contributed by atoms with Gasteiger partial charge in [-0.1, -0.05) is 60.6 Å². The van der Waals surface area contributed by atoms with Gasteiger partial charge in [0, 0.05) is 35.3 Å². The van der Waals surface area contributed by atoms with Gasteiger partial charge < -0.3 is 20.1 Å². The van der Waals surface area contributed by atoms with E-state index in [-0.39, 0.29) is 74.6 Å². The van der Waals surface area contributed by atoms with E-state index in [0.29, 0.717) is 22.2 Å². The number of allylic oxidation sites excluding steroid dienone is 1. The van der Waals surface area contributed by atoms with Crippen molar-refractivity contribution in [2.24, 2.45) is 0 Å². The Morgan fingerprint density at radius 1 is 1.00 bits per heavy atom. The van der Waals surface area contributed by atoms with Crippen LogP contribution in [0.1, 0.15) is 11.1 Å². The lowest BCUT2D eigenvalue weighted by Crippen LogP contribution is -2.24. The average molecular weight is 689 g/mol. The largest absolute Gasteiger partial charge is 0.495 e. The molecule has 48 heavy (non-hydrogen) atoms. The molecule has 0 saturated carbocycles. The number of carbonyl (C=O) groups is 2. The summed E-state index contributed by atoms with van der Waals surface area (Å²) in [5, 5.41) is 6.16. The molecule has 0 bridgehead atoms. The normalized spacial score (nSPS) is 10.8. The lowest BCUT2D eigenvalue weighted by molar-refractivity contribution is -0.114. The van der Waals surface area contributed by atoms with Crippen LogP contribution < -0.4 is 25.7 Å². The van der Waals surface area contributed by atoms with Crippen molar-refractivity contribution in [2.45, 2.75) is 13.0 Å². The number of nitrogens with zero attached hydrogens (tertiary/aromatic N) is 3. The van der Waals surface area contributed by atoms with Crippen LogP contribution in [0.15, 0.2) is 90.9 Å². The number of para-hydroxylation sites is 1. The lowest BCUT2D eigenvalue weighted by Gasteiger charge is -2.18. The molecule has 10 nitrogen and oxygen atoms in total. The van der Waals surface area contributed by atoms with E-state index < -0.39 is 11.4 Å². The minimum atomic E-state index is -0.624. The number of benzene rings is 3. The van der Waals surface area contributed by atoms with Gasteiger partial charge in [-0.2, -0.15) is 4.98 Å². The zero-order valence-electron chi connectivity index (χ0n) is 25.8. The fraction of sp³-hybridized carbons (Fsp3) is 0.114. The Morgan fingerprint density at radius 3 is 2.31 bits per heavy atom. The van der Waals surface area contributed by atoms with E-state index in [9.17, 15) is 14.4 Å². The molecule has 0 radical (unpaired) electrons. The molecule has 0 saturated heterocycles. The standard InChI is InChI=1S/C35H28Cl2FN5O5/c1-5-23(44)14-20-8-7-9-25(38)32(20)41-35-39-17-21-15-24(29-30(36)26(47-3)16-27(48-4)31(29)37)34(46)43(33(21)42-35)18-19-10-12-22(13-11-19)40-28(45)6-2/h5-13,15-17H,1-2,14,18H2,3-4H3,(H,40,45)(H,39,41,42). The average Bonchev–Trinajstić information content (AvgIpc) is 3.08. The van der Waals surface area contributed by atoms with E-state index in [1.54, 1.807) is 36.4 Å². The molecule has 2 aromatic heterocycles. The first-order valence-corrected chi connectivity index (χ1v) is 15.1. The van der Waals surface area contributed by atoms with E-state index >= 15 is 4.39 Å². The number of fused-ring (bicyclic) bond motifs is 1. The van der Waals surface area contributed by atoms with E-state index in [0.717, 1.165) is 12.2 Å². The Balaban J connectivity index is 1.69. The molecule has 0 unspecified atom stereocenters. The number of anilines is 3. The van der Waals surface area contributed by atoms with E-state index in [2.05, 4.69) is 33.8 Å². The first-order chi connectivity index (χ1) is 23.1. The molecule has 13 heteroatoms. The molecule has 244 valence electrons. The van der Waals surface area contributed by atoms with Gasteiger partial charge >= 0.3 is 0 Å². The number of amides is 1. The number of ether oxygens (including phenoxy) is 2. The Morgan fingerprint density at radius 2 is 1.69 bits per heavy atom. The zero-order chi connectivity index (χ0) is 34.5. The maximum atomic E-state index is 15.0. The van der Waals surface area contributed by atoms with E-state index in [1.807, 2.05) is 0 Å². The summed E-state index contributed by atoms with van der Waals surface area (Å²) in [6, 6.07) is 14.2. The van der Waals surface area contributed by atoms with Gasteiger partial charge in [0.2, 0.25) is 11.9 Å². The summed E-state index contributed by atoms with van der Waals surface area (Å²) in [5.41, 5.74) is 1.58. The maximum absolute atomic E-state index is 15.0. The number of hydrogen-bond acceptors (Lipinski definition) is 8. The van der Waals surface area contributed by atoms with Crippen LogP contribution in [0.2, 0.25) is 10.0 Å². The Labute approximate surface area is 284 Å². The minimum Gasteiger partial charge on any atom is -0.495 e. The highest BCUT2D eigenvalue weighted by Gasteiger charge is 2.24. The number of ketones is 1. The van der Waals surface area contributed by atoms with Crippen molar-refractivity contribution >= 4 is 63.2 Å². The molecule has 3 aromatic carbocycles. The summed E-state index contributed by atoms with van der Waals surface area (Å²) in [4.78, 5) is 47.2. The third-order valence-electron chi connectivity index (χ3n) is 7.35. The van der Waals surface area contributed by atoms with Crippen LogP contribution in [0, 0.1) is 5.82 Å². The van der Waals surface area contributed by atoms with Crippen molar-refractivity contribution in [3.63, 3.8) is 0 Å². The second kappa shape index (κ2) is 14.5. The number of pyridine rings is 1. The second-order valence-corrected chi connectivity index (χ2v) is 11.1. The van der Waals surface area contributed by atoms with Gasteiger partial charge in [-0.15, -0.1) is 0 Å². The van der Waals surface area contributed by atoms with Gasteiger partial charge in [-0.05, 0) is 47.5 Å². The Hall–Kier alpha value is -5.52. The SMILES string of the molecule is C=CC(=O)Cc1cccc(F)c1Nc1ncc2cc(-c3c(Cl)c(OC)cc(OC)c3Cl)c(=O)n(Cc3ccc(NC(=O)C=C)cc3)c2n1. The molecule has 0 aliphatic heterocycles. The van der Waals surface area contributed by atoms with Gasteiger partial charge in [-0.3, -0.25) is 19.0 Å². The monoisotopic (exact) mass is 687 g/mol. The van der Waals surface area contributed by atoms with E-state index in [4.69, 9.17) is 32.7 Å². The van der Waals surface area contributed by atoms with Gasteiger partial charge in [0.25, 0.3) is 5.56 Å². The van der Waals surface area contributed by atoms with Crippen LogP contribution in [0.5, 0.6) is 11.5 Å². The highest BCUT2D eigenvalue weighted by Crippen LogP contribution is 2.45. The predicted octanol–water partition coefficient (Wildman–Crippen LogP) is 7.14. The molecule has 0 fully saturated rings. The van der Waals surface area contributed by atoms with Crippen molar-refractivity contribution in [1.29, 1.82) is 0 Å². The molecular formula is C35H28Cl2FN5O5. The van der Waals surface area contributed by atoms with Crippen molar-refractivity contribution < 1.29 is 23.5 Å². The number of halogens is 3. The Bertz CT molecular complexity index is 2120. The van der Waals surface area contributed by atoms with Crippen molar-refractivity contribution in [3.05, 3.63) is 123 Å². The van der Waals surface area contributed by atoms with E-state index in [1.165, 1.54) is 43.2 Å². The van der Waals surface area contributed by atoms with Crippen LogP contribution in [0.4, 0.5) is 21.7 Å². The Kier molecular flexibility index (Phi) is 10.2. The van der Waals surface area contributed by atoms with Crippen LogP contribution in [0.3, 0.4) is 0 Å². The molecule has 0 aliphatic rings. The number of aromatic nitrogens is 3. The number of hydrogen-bond donors (Lipinski definition) is 2. The van der Waals surface area contributed by atoms with Crippen molar-refractivity contribution in [2.75, 3.05) is 24.9 Å². The lowest BCUT2D eigenvalue weighted by atomic mass is 10.0. The molecule has 0 spiro atoms. The highest BCUT2D eigenvalue weighted by molar-refractivity contribution is 6.41. The summed E-state index contributed by atoms with van der Waals surface area (Å²) < 4.78 is 27.3. The van der Waals surface area contributed by atoms with Crippen molar-refractivity contribution in [1.82, 2.24) is 14.5 Å². The second-order valence-electron chi connectivity index (χ2n) is 10.3. The third kappa shape index (κ3) is 6.92. The summed E-state index contributed by atoms with van der Waals surface area (Å²) in [6.45, 7) is 6.96. The summed E-state index contributed by atoms with van der Waals surface area (Å²) in [5.74, 6) is -0.844. The molecule has 0 atom stereocenters. The highest BCUT2D eigenvalue weighted by atomic mass is 35.5. The first-order valence-electron chi connectivity index (χ1n) is 14.3. The minimum absolute atomic E-state index is 0.0109. The van der Waals surface area contributed by atoms with Gasteiger partial charge in [-0.25, -0.2) is 9.37 Å². The molecule has 2 N–H and O–H groups in total. The fourth-order valence-corrected chi connectivity index (χ4v) is 5.67. The molecule has 2 heterocycles. The summed E-state index contributed by atoms with van der Waals surface area (Å²) in [6.07, 6.45) is 3.68. The van der Waals surface area contributed by atoms with Gasteiger partial charge in [0.05, 0.1) is 42.1 Å². The number of rotatable bonds is 12. The number of nitrogens with one attached hydrogen (secondary N) is 2.